The van der Waals surface area contributed by atoms with Crippen molar-refractivity contribution in [1.29, 1.82) is 0 Å². The van der Waals surface area contributed by atoms with Crippen LogP contribution in [0.2, 0.25) is 0 Å². The highest BCUT2D eigenvalue weighted by Gasteiger charge is 2.17. The molecule has 0 amide bonds. The van der Waals surface area contributed by atoms with Gasteiger partial charge in [0.15, 0.2) is 0 Å². The summed E-state index contributed by atoms with van der Waals surface area (Å²) in [5.74, 6) is 0.521. The lowest BCUT2D eigenvalue weighted by molar-refractivity contribution is 0.543. The molecule has 0 radical (unpaired) electrons. The topological polar surface area (TPSA) is 117 Å². The van der Waals surface area contributed by atoms with Gasteiger partial charge in [-0.15, -0.1) is 0 Å². The van der Waals surface area contributed by atoms with Crippen LogP contribution in [0.1, 0.15) is 32.3 Å². The molecule has 0 aliphatic heterocycles. The van der Waals surface area contributed by atoms with Crippen molar-refractivity contribution in [2.24, 2.45) is 0 Å². The lowest BCUT2D eigenvalue weighted by Crippen LogP contribution is -2.32. The summed E-state index contributed by atoms with van der Waals surface area (Å²) in [4.78, 5) is 4.45. The van der Waals surface area contributed by atoms with E-state index in [2.05, 4.69) is 19.7 Å². The molecule has 28 heavy (non-hydrogen) atoms. The zero-order valence-electron chi connectivity index (χ0n) is 16.1. The van der Waals surface area contributed by atoms with E-state index in [1.54, 1.807) is 18.2 Å². The number of aromatic nitrogens is 1. The first-order valence-electron chi connectivity index (χ1n) is 8.92. The second kappa shape index (κ2) is 9.46. The van der Waals surface area contributed by atoms with Gasteiger partial charge in [0.2, 0.25) is 20.0 Å². The van der Waals surface area contributed by atoms with Gasteiger partial charge < -0.3 is 5.32 Å². The van der Waals surface area contributed by atoms with Gasteiger partial charge in [0.1, 0.15) is 10.7 Å². The summed E-state index contributed by atoms with van der Waals surface area (Å²) >= 11 is 0. The quantitative estimate of drug-likeness (QED) is 0.535. The first-order chi connectivity index (χ1) is 13.2. The molecule has 3 N–H and O–H groups in total. The van der Waals surface area contributed by atoms with Crippen molar-refractivity contribution in [1.82, 2.24) is 14.4 Å². The molecule has 0 aliphatic rings. The highest BCUT2D eigenvalue weighted by Crippen LogP contribution is 2.14. The van der Waals surface area contributed by atoms with Crippen molar-refractivity contribution >= 4 is 25.9 Å². The van der Waals surface area contributed by atoms with Gasteiger partial charge in [0, 0.05) is 18.8 Å². The third-order valence-corrected chi connectivity index (χ3v) is 7.11. The third-order valence-electron chi connectivity index (χ3n) is 4.10. The minimum Gasteiger partial charge on any atom is -0.366 e. The van der Waals surface area contributed by atoms with Crippen molar-refractivity contribution in [3.8, 4) is 0 Å². The zero-order chi connectivity index (χ0) is 20.8. The van der Waals surface area contributed by atoms with Gasteiger partial charge in [0.05, 0.1) is 4.90 Å². The summed E-state index contributed by atoms with van der Waals surface area (Å²) in [5, 5.41) is 3.08. The van der Waals surface area contributed by atoms with Crippen LogP contribution in [0.4, 0.5) is 5.82 Å². The van der Waals surface area contributed by atoms with E-state index in [1.807, 2.05) is 13.8 Å². The molecule has 0 saturated carbocycles. The Morgan fingerprint density at radius 3 is 2.14 bits per heavy atom. The summed E-state index contributed by atoms with van der Waals surface area (Å²) in [6, 6.07) is 9.41. The number of nitrogens with one attached hydrogen (secondary N) is 3. The minimum atomic E-state index is -3.59. The van der Waals surface area contributed by atoms with E-state index in [0.717, 1.165) is 18.4 Å². The average molecular weight is 427 g/mol. The predicted molar refractivity (Wildman–Crippen MR) is 109 cm³/mol. The molecular formula is C18H26N4O4S2. The lowest BCUT2D eigenvalue weighted by Gasteiger charge is -2.13. The molecule has 2 aromatic rings. The van der Waals surface area contributed by atoms with E-state index in [0.29, 0.717) is 12.4 Å². The normalized spacial score (nSPS) is 13.2. The number of nitrogens with zero attached hydrogens (tertiary/aromatic N) is 1. The van der Waals surface area contributed by atoms with E-state index < -0.39 is 20.0 Å². The predicted octanol–water partition coefficient (Wildman–Crippen LogP) is 2.07. The second-order valence-electron chi connectivity index (χ2n) is 6.40. The van der Waals surface area contributed by atoms with E-state index in [4.69, 9.17) is 0 Å². The smallest absolute Gasteiger partial charge is 0.242 e. The molecule has 1 unspecified atom stereocenters. The summed E-state index contributed by atoms with van der Waals surface area (Å²) in [6.07, 6.45) is 2.97. The summed E-state index contributed by atoms with van der Waals surface area (Å²) in [6.45, 7) is 4.25. The molecule has 0 bridgehead atoms. The Morgan fingerprint density at radius 1 is 0.964 bits per heavy atom. The Morgan fingerprint density at radius 2 is 1.61 bits per heavy atom. The fraction of sp³-hybridized carbons (Fsp3) is 0.389. The first-order valence-corrected chi connectivity index (χ1v) is 11.9. The average Bonchev–Trinajstić information content (AvgIpc) is 2.67. The van der Waals surface area contributed by atoms with Crippen molar-refractivity contribution in [3.05, 3.63) is 48.2 Å². The van der Waals surface area contributed by atoms with Gasteiger partial charge in [-0.2, -0.15) is 0 Å². The monoisotopic (exact) mass is 426 g/mol. The van der Waals surface area contributed by atoms with Gasteiger partial charge in [-0.05, 0) is 50.2 Å². The molecule has 0 fully saturated rings. The molecule has 1 atom stereocenters. The fourth-order valence-corrected chi connectivity index (χ4v) is 4.52. The fourth-order valence-electron chi connectivity index (χ4n) is 2.57. The lowest BCUT2D eigenvalue weighted by atomic mass is 10.2. The Balaban J connectivity index is 1.99. The van der Waals surface area contributed by atoms with Crippen molar-refractivity contribution in [2.45, 2.75) is 49.1 Å². The van der Waals surface area contributed by atoms with Crippen LogP contribution in [0.25, 0.3) is 0 Å². The third kappa shape index (κ3) is 5.99. The van der Waals surface area contributed by atoms with E-state index in [9.17, 15) is 16.8 Å². The van der Waals surface area contributed by atoms with Crippen molar-refractivity contribution < 1.29 is 16.8 Å². The number of hydrogen-bond donors (Lipinski definition) is 3. The maximum absolute atomic E-state index is 12.3. The Kier molecular flexibility index (Phi) is 7.53. The van der Waals surface area contributed by atoms with Crippen LogP contribution in [-0.4, -0.2) is 34.9 Å². The molecule has 0 saturated heterocycles. The van der Waals surface area contributed by atoms with Gasteiger partial charge >= 0.3 is 0 Å². The molecule has 8 nitrogen and oxygen atoms in total. The van der Waals surface area contributed by atoms with Crippen LogP contribution in [0, 0.1) is 0 Å². The van der Waals surface area contributed by atoms with Crippen LogP contribution < -0.4 is 14.8 Å². The van der Waals surface area contributed by atoms with Gasteiger partial charge in [0.25, 0.3) is 0 Å². The van der Waals surface area contributed by atoms with Gasteiger partial charge in [-0.25, -0.2) is 31.3 Å². The molecule has 1 aromatic heterocycles. The first kappa shape index (κ1) is 22.3. The van der Waals surface area contributed by atoms with Crippen molar-refractivity contribution in [2.75, 3.05) is 12.4 Å². The highest BCUT2D eigenvalue weighted by molar-refractivity contribution is 7.89. The van der Waals surface area contributed by atoms with E-state index in [1.165, 1.54) is 31.4 Å². The Hall–Kier alpha value is -2.01. The van der Waals surface area contributed by atoms with Crippen LogP contribution in [0.3, 0.4) is 0 Å². The maximum atomic E-state index is 12.3. The largest absolute Gasteiger partial charge is 0.366 e. The zero-order valence-corrected chi connectivity index (χ0v) is 17.8. The van der Waals surface area contributed by atoms with Gasteiger partial charge in [-0.1, -0.05) is 25.5 Å². The molecular weight excluding hydrogens is 400 g/mol. The van der Waals surface area contributed by atoms with Gasteiger partial charge in [-0.3, -0.25) is 0 Å². The molecule has 10 heteroatoms. The number of anilines is 1. The van der Waals surface area contributed by atoms with E-state index in [-0.39, 0.29) is 15.8 Å². The Bertz CT molecular complexity index is 973. The standard InChI is InChI=1S/C18H26N4O4S2/c1-4-5-14(2)22-28(25,26)17-10-11-18(21-13-17)20-12-15-6-8-16(9-7-15)27(23,24)19-3/h6-11,13-14,19,22H,4-5,12H2,1-3H3,(H,20,21). The second-order valence-corrected chi connectivity index (χ2v) is 10.00. The minimum absolute atomic E-state index is 0.114. The molecule has 1 aromatic carbocycles. The highest BCUT2D eigenvalue weighted by atomic mass is 32.2. The number of pyridine rings is 1. The SMILES string of the molecule is CCCC(C)NS(=O)(=O)c1ccc(NCc2ccc(S(=O)(=O)NC)cc2)nc1. The van der Waals surface area contributed by atoms with Crippen molar-refractivity contribution in [3.63, 3.8) is 0 Å². The van der Waals surface area contributed by atoms with Crippen LogP contribution >= 0.6 is 0 Å². The molecule has 2 rings (SSSR count). The number of hydrogen-bond acceptors (Lipinski definition) is 6. The number of rotatable bonds is 10. The Labute approximate surface area is 166 Å². The maximum Gasteiger partial charge on any atom is 0.242 e. The van der Waals surface area contributed by atoms with Crippen LogP contribution in [0.15, 0.2) is 52.4 Å². The van der Waals surface area contributed by atoms with Crippen LogP contribution in [0.5, 0.6) is 0 Å². The molecule has 1 heterocycles. The molecule has 154 valence electrons. The number of sulfonamides is 2. The van der Waals surface area contributed by atoms with E-state index >= 15 is 0 Å². The van der Waals surface area contributed by atoms with Crippen LogP contribution in [-0.2, 0) is 26.6 Å². The summed E-state index contributed by atoms with van der Waals surface area (Å²) in [7, 11) is -5.69. The molecule has 0 spiro atoms. The summed E-state index contributed by atoms with van der Waals surface area (Å²) < 4.78 is 53.0. The number of benzene rings is 1. The summed E-state index contributed by atoms with van der Waals surface area (Å²) in [5.41, 5.74) is 0.864. The molecule has 0 aliphatic carbocycles.